The zero-order valence-electron chi connectivity index (χ0n) is 12.5. The zero-order chi connectivity index (χ0) is 15.5. The number of aromatic nitrogens is 2. The highest BCUT2D eigenvalue weighted by Gasteiger charge is 2.23. The van der Waals surface area contributed by atoms with Gasteiger partial charge in [0, 0.05) is 23.7 Å². The predicted octanol–water partition coefficient (Wildman–Crippen LogP) is 2.44. The Hall–Kier alpha value is -2.21. The molecule has 0 aliphatic carbocycles. The largest absolute Gasteiger partial charge is 0.423 e. The molecule has 1 unspecified atom stereocenters. The number of nitrogens with two attached hydrogens (primary N) is 1. The lowest BCUT2D eigenvalue weighted by atomic mass is 9.85. The highest BCUT2D eigenvalue weighted by atomic mass is 16.4. The van der Waals surface area contributed by atoms with Crippen molar-refractivity contribution in [2.75, 3.05) is 5.32 Å². The molecular weight excluding hydrogens is 268 g/mol. The number of nitrogens with zero attached hydrogens (tertiary/aromatic N) is 2. The Labute approximate surface area is 123 Å². The Bertz CT molecular complexity index is 602. The molecule has 112 valence electrons. The van der Waals surface area contributed by atoms with Gasteiger partial charge in [-0.05, 0) is 23.6 Å². The number of amides is 1. The average molecular weight is 288 g/mol. The van der Waals surface area contributed by atoms with Crippen molar-refractivity contribution in [2.24, 2.45) is 11.1 Å². The lowest BCUT2D eigenvalue weighted by Crippen LogP contribution is -2.38. The molecule has 0 fully saturated rings. The molecule has 1 aromatic heterocycles. The Morgan fingerprint density at radius 3 is 2.81 bits per heavy atom. The fourth-order valence-electron chi connectivity index (χ4n) is 1.75. The molecular formula is C15H20N4O2. The lowest BCUT2D eigenvalue weighted by Gasteiger charge is -2.26. The van der Waals surface area contributed by atoms with Crippen LogP contribution >= 0.6 is 0 Å². The summed E-state index contributed by atoms with van der Waals surface area (Å²) in [5.41, 5.74) is 7.34. The molecule has 0 aliphatic heterocycles. The monoisotopic (exact) mass is 288 g/mol. The van der Waals surface area contributed by atoms with Crippen LogP contribution in [-0.4, -0.2) is 22.1 Å². The van der Waals surface area contributed by atoms with E-state index in [1.54, 1.807) is 12.1 Å². The summed E-state index contributed by atoms with van der Waals surface area (Å²) in [6.45, 7) is 6.05. The molecule has 1 heterocycles. The van der Waals surface area contributed by atoms with E-state index in [0.29, 0.717) is 11.6 Å². The van der Waals surface area contributed by atoms with E-state index in [1.807, 2.05) is 32.9 Å². The third-order valence-electron chi connectivity index (χ3n) is 3.27. The summed E-state index contributed by atoms with van der Waals surface area (Å²) in [6.07, 6.45) is 1.54. The molecule has 0 aliphatic rings. The predicted molar refractivity (Wildman–Crippen MR) is 80.4 cm³/mol. The lowest BCUT2D eigenvalue weighted by molar-refractivity contribution is -0.117. The summed E-state index contributed by atoms with van der Waals surface area (Å²) in [5.74, 6) is 0.303. The minimum absolute atomic E-state index is 0.108. The molecule has 6 nitrogen and oxygen atoms in total. The normalized spacial score (nSPS) is 13.0. The molecule has 1 atom stereocenters. The molecule has 0 radical (unpaired) electrons. The summed E-state index contributed by atoms with van der Waals surface area (Å²) in [6, 6.07) is 7.05. The molecule has 21 heavy (non-hydrogen) atoms. The number of rotatable bonds is 4. The number of hydrogen-bond acceptors (Lipinski definition) is 5. The molecule has 6 heteroatoms. The molecule has 1 aromatic carbocycles. The first-order chi connectivity index (χ1) is 9.86. The van der Waals surface area contributed by atoms with Crippen LogP contribution in [0.15, 0.2) is 35.1 Å². The molecule has 0 bridgehead atoms. The van der Waals surface area contributed by atoms with E-state index in [9.17, 15) is 4.79 Å². The van der Waals surface area contributed by atoms with Crippen molar-refractivity contribution in [3.05, 3.63) is 30.7 Å². The molecule has 0 saturated carbocycles. The third-order valence-corrected chi connectivity index (χ3v) is 3.27. The van der Waals surface area contributed by atoms with Crippen molar-refractivity contribution in [3.63, 3.8) is 0 Å². The first-order valence-corrected chi connectivity index (χ1v) is 6.78. The summed E-state index contributed by atoms with van der Waals surface area (Å²) in [5, 5.41) is 10.3. The minimum Gasteiger partial charge on any atom is -0.423 e. The van der Waals surface area contributed by atoms with Crippen LogP contribution in [-0.2, 0) is 4.79 Å². The van der Waals surface area contributed by atoms with Gasteiger partial charge in [-0.3, -0.25) is 4.79 Å². The van der Waals surface area contributed by atoms with E-state index in [2.05, 4.69) is 15.5 Å². The Balaban J connectivity index is 2.03. The first-order valence-electron chi connectivity index (χ1n) is 6.78. The van der Waals surface area contributed by atoms with Crippen molar-refractivity contribution < 1.29 is 9.21 Å². The topological polar surface area (TPSA) is 94.0 Å². The van der Waals surface area contributed by atoms with Crippen LogP contribution in [0, 0.1) is 5.41 Å². The van der Waals surface area contributed by atoms with Crippen LogP contribution in [0.3, 0.4) is 0 Å². The summed E-state index contributed by atoms with van der Waals surface area (Å²) < 4.78 is 5.13. The van der Waals surface area contributed by atoms with Crippen LogP contribution < -0.4 is 11.1 Å². The van der Waals surface area contributed by atoms with Crippen molar-refractivity contribution in [2.45, 2.75) is 33.2 Å². The standard InChI is InChI=1S/C15H20N4O2/c1-15(2,3)12(16)8-13(20)18-11-6-4-5-10(7-11)14-19-17-9-21-14/h4-7,9,12H,8,16H2,1-3H3,(H,18,20). The fraction of sp³-hybridized carbons (Fsp3) is 0.400. The Morgan fingerprint density at radius 1 is 1.43 bits per heavy atom. The van der Waals surface area contributed by atoms with E-state index in [0.717, 1.165) is 5.56 Å². The van der Waals surface area contributed by atoms with Gasteiger partial charge < -0.3 is 15.5 Å². The molecule has 2 rings (SSSR count). The summed E-state index contributed by atoms with van der Waals surface area (Å²) in [4.78, 5) is 12.0. The van der Waals surface area contributed by atoms with Crippen molar-refractivity contribution in [3.8, 4) is 11.5 Å². The maximum Gasteiger partial charge on any atom is 0.247 e. The van der Waals surface area contributed by atoms with Gasteiger partial charge in [0.2, 0.25) is 18.2 Å². The molecule has 0 spiro atoms. The number of carbonyl (C=O) groups excluding carboxylic acids is 1. The number of hydrogen-bond donors (Lipinski definition) is 2. The van der Waals surface area contributed by atoms with Gasteiger partial charge in [-0.1, -0.05) is 26.8 Å². The maximum atomic E-state index is 12.0. The van der Waals surface area contributed by atoms with Crippen molar-refractivity contribution in [1.29, 1.82) is 0 Å². The highest BCUT2D eigenvalue weighted by Crippen LogP contribution is 2.22. The van der Waals surface area contributed by atoms with Crippen LogP contribution in [0.2, 0.25) is 0 Å². The second-order valence-electron chi connectivity index (χ2n) is 6.05. The van der Waals surface area contributed by atoms with Gasteiger partial charge in [0.25, 0.3) is 0 Å². The highest BCUT2D eigenvalue weighted by molar-refractivity contribution is 5.91. The zero-order valence-corrected chi connectivity index (χ0v) is 12.5. The van der Waals surface area contributed by atoms with Gasteiger partial charge in [-0.25, -0.2) is 0 Å². The van der Waals surface area contributed by atoms with Gasteiger partial charge in [0.1, 0.15) is 0 Å². The molecule has 2 aromatic rings. The Morgan fingerprint density at radius 2 is 2.19 bits per heavy atom. The summed E-state index contributed by atoms with van der Waals surface area (Å²) in [7, 11) is 0. The average Bonchev–Trinajstić information content (AvgIpc) is 2.91. The quantitative estimate of drug-likeness (QED) is 0.901. The number of anilines is 1. The number of benzene rings is 1. The smallest absolute Gasteiger partial charge is 0.247 e. The number of carbonyl (C=O) groups is 1. The van der Waals surface area contributed by atoms with Gasteiger partial charge in [-0.2, -0.15) is 0 Å². The van der Waals surface area contributed by atoms with Gasteiger partial charge in [-0.15, -0.1) is 10.2 Å². The SMILES string of the molecule is CC(C)(C)C(N)CC(=O)Nc1cccc(-c2nnco2)c1. The molecule has 3 N–H and O–H groups in total. The van der Waals surface area contributed by atoms with Gasteiger partial charge in [0.15, 0.2) is 0 Å². The second kappa shape index (κ2) is 6.05. The van der Waals surface area contributed by atoms with E-state index >= 15 is 0 Å². The van der Waals surface area contributed by atoms with Gasteiger partial charge >= 0.3 is 0 Å². The van der Waals surface area contributed by atoms with Crippen molar-refractivity contribution >= 4 is 11.6 Å². The third kappa shape index (κ3) is 4.13. The van der Waals surface area contributed by atoms with Crippen LogP contribution in [0.5, 0.6) is 0 Å². The molecule has 1 amide bonds. The first kappa shape index (κ1) is 15.2. The van der Waals surface area contributed by atoms with Crippen molar-refractivity contribution in [1.82, 2.24) is 10.2 Å². The second-order valence-corrected chi connectivity index (χ2v) is 6.05. The van der Waals surface area contributed by atoms with Crippen LogP contribution in [0.1, 0.15) is 27.2 Å². The molecule has 0 saturated heterocycles. The van der Waals surface area contributed by atoms with Crippen LogP contribution in [0.25, 0.3) is 11.5 Å². The van der Waals surface area contributed by atoms with Crippen LogP contribution in [0.4, 0.5) is 5.69 Å². The number of nitrogens with one attached hydrogen (secondary N) is 1. The summed E-state index contributed by atoms with van der Waals surface area (Å²) >= 11 is 0. The van der Waals surface area contributed by atoms with E-state index in [1.165, 1.54) is 6.39 Å². The minimum atomic E-state index is -0.198. The van der Waals surface area contributed by atoms with E-state index < -0.39 is 0 Å². The fourth-order valence-corrected chi connectivity index (χ4v) is 1.75. The van der Waals surface area contributed by atoms with E-state index in [4.69, 9.17) is 10.2 Å². The van der Waals surface area contributed by atoms with Gasteiger partial charge in [0.05, 0.1) is 0 Å². The van der Waals surface area contributed by atoms with E-state index in [-0.39, 0.29) is 23.8 Å². The Kier molecular flexibility index (Phi) is 4.37. The maximum absolute atomic E-state index is 12.0.